The summed E-state index contributed by atoms with van der Waals surface area (Å²) in [5.41, 5.74) is 10.2. The van der Waals surface area contributed by atoms with Crippen molar-refractivity contribution in [3.8, 4) is 17.1 Å². The maximum Gasteiger partial charge on any atom is 0.248 e. The van der Waals surface area contributed by atoms with Gasteiger partial charge in [0, 0.05) is 42.7 Å². The lowest BCUT2D eigenvalue weighted by Crippen LogP contribution is -2.30. The number of rotatable bonds is 7. The van der Waals surface area contributed by atoms with Crippen LogP contribution in [0.5, 0.6) is 5.75 Å². The van der Waals surface area contributed by atoms with E-state index in [-0.39, 0.29) is 0 Å². The molecule has 4 rings (SSSR count). The fourth-order valence-corrected chi connectivity index (χ4v) is 3.58. The molecule has 29 heavy (non-hydrogen) atoms. The van der Waals surface area contributed by atoms with Gasteiger partial charge in [-0.15, -0.1) is 0 Å². The average molecular weight is 388 g/mol. The summed E-state index contributed by atoms with van der Waals surface area (Å²) in [6, 6.07) is 15.3. The Morgan fingerprint density at radius 3 is 2.79 bits per heavy atom. The van der Waals surface area contributed by atoms with E-state index in [1.54, 1.807) is 18.2 Å². The Balaban J connectivity index is 1.48. The van der Waals surface area contributed by atoms with Crippen LogP contribution in [0.4, 0.5) is 0 Å². The highest BCUT2D eigenvalue weighted by molar-refractivity contribution is 5.93. The van der Waals surface area contributed by atoms with Crippen molar-refractivity contribution in [3.05, 3.63) is 83.7 Å². The van der Waals surface area contributed by atoms with E-state index in [9.17, 15) is 4.79 Å². The third kappa shape index (κ3) is 4.22. The van der Waals surface area contributed by atoms with Crippen LogP contribution >= 0.6 is 0 Å². The molecule has 0 bridgehead atoms. The number of nitrogens with zero attached hydrogens (tertiary/aromatic N) is 2. The number of amides is 1. The first-order chi connectivity index (χ1) is 14.1. The number of imidazole rings is 1. The van der Waals surface area contributed by atoms with Crippen molar-refractivity contribution in [1.29, 1.82) is 0 Å². The minimum Gasteiger partial charge on any atom is -0.489 e. The van der Waals surface area contributed by atoms with Gasteiger partial charge in [-0.1, -0.05) is 43.0 Å². The van der Waals surface area contributed by atoms with Gasteiger partial charge in [-0.2, -0.15) is 0 Å². The molecular formula is C23H24N4O2. The second kappa shape index (κ2) is 8.32. The number of carbonyl (C=O) groups is 1. The molecule has 0 atom stereocenters. The maximum atomic E-state index is 11.3. The topological polar surface area (TPSA) is 84.2 Å². The highest BCUT2D eigenvalue weighted by atomic mass is 16.5. The van der Waals surface area contributed by atoms with Gasteiger partial charge >= 0.3 is 0 Å². The van der Waals surface area contributed by atoms with Crippen LogP contribution in [0.15, 0.2) is 61.2 Å². The van der Waals surface area contributed by atoms with Gasteiger partial charge in [-0.25, -0.2) is 4.98 Å². The van der Waals surface area contributed by atoms with Gasteiger partial charge in [-0.3, -0.25) is 9.69 Å². The molecule has 1 aliphatic rings. The number of fused-ring (bicyclic) bond motifs is 1. The molecule has 6 heteroatoms. The van der Waals surface area contributed by atoms with Crippen molar-refractivity contribution in [2.45, 2.75) is 19.5 Å². The summed E-state index contributed by atoms with van der Waals surface area (Å²) in [7, 11) is 0. The molecule has 0 unspecified atom stereocenters. The molecule has 3 N–H and O–H groups in total. The Morgan fingerprint density at radius 1 is 1.24 bits per heavy atom. The molecule has 1 aromatic heterocycles. The van der Waals surface area contributed by atoms with Crippen LogP contribution in [-0.2, 0) is 19.5 Å². The number of hydrogen-bond acceptors (Lipinski definition) is 4. The highest BCUT2D eigenvalue weighted by Gasteiger charge is 2.21. The largest absolute Gasteiger partial charge is 0.489 e. The zero-order chi connectivity index (χ0) is 20.2. The molecule has 1 aliphatic heterocycles. The van der Waals surface area contributed by atoms with Crippen molar-refractivity contribution in [2.75, 3.05) is 13.2 Å². The Labute approximate surface area is 170 Å². The Kier molecular flexibility index (Phi) is 5.44. The fraction of sp³-hybridized carbons (Fsp3) is 0.217. The molecule has 0 saturated heterocycles. The minimum atomic E-state index is -0.428. The number of aromatic amines is 1. The lowest BCUT2D eigenvalue weighted by Gasteiger charge is -2.26. The van der Waals surface area contributed by atoms with Crippen LogP contribution in [0.1, 0.15) is 27.3 Å². The summed E-state index contributed by atoms with van der Waals surface area (Å²) in [6.45, 7) is 6.77. The van der Waals surface area contributed by atoms with Crippen molar-refractivity contribution < 1.29 is 9.53 Å². The third-order valence-electron chi connectivity index (χ3n) is 5.08. The number of hydrogen-bond donors (Lipinski definition) is 2. The van der Waals surface area contributed by atoms with E-state index in [1.165, 1.54) is 5.56 Å². The molecule has 0 saturated carbocycles. The number of nitrogens with one attached hydrogen (secondary N) is 1. The first-order valence-corrected chi connectivity index (χ1v) is 9.66. The van der Waals surface area contributed by atoms with E-state index >= 15 is 0 Å². The first-order valence-electron chi connectivity index (χ1n) is 9.66. The SMILES string of the molecule is C=CCOc1ccccc1CN1CCc2nc(-c3ccc(C(N)=O)cc3)[nH]c2C1. The standard InChI is InChI=1S/C23H24N4O2/c1-2-13-29-21-6-4-3-5-18(21)14-27-12-11-19-20(15-27)26-23(25-19)17-9-7-16(8-10-17)22(24)28/h2-10H,1,11-15H2,(H2,24,28)(H,25,26). The zero-order valence-electron chi connectivity index (χ0n) is 16.2. The van der Waals surface area contributed by atoms with Gasteiger partial charge in [0.1, 0.15) is 18.2 Å². The first kappa shape index (κ1) is 19.0. The van der Waals surface area contributed by atoms with Crippen molar-refractivity contribution in [1.82, 2.24) is 14.9 Å². The predicted octanol–water partition coefficient (Wildman–Crippen LogP) is 3.30. The lowest BCUT2D eigenvalue weighted by atomic mass is 10.1. The summed E-state index contributed by atoms with van der Waals surface area (Å²) < 4.78 is 5.79. The van der Waals surface area contributed by atoms with Crippen molar-refractivity contribution >= 4 is 5.91 Å². The lowest BCUT2D eigenvalue weighted by molar-refractivity contribution is 0.100. The summed E-state index contributed by atoms with van der Waals surface area (Å²) in [5.74, 6) is 1.30. The summed E-state index contributed by atoms with van der Waals surface area (Å²) >= 11 is 0. The second-order valence-electron chi connectivity index (χ2n) is 7.12. The van der Waals surface area contributed by atoms with Gasteiger partial charge in [0.05, 0.1) is 11.4 Å². The van der Waals surface area contributed by atoms with Crippen LogP contribution in [-0.4, -0.2) is 33.9 Å². The Hall–Kier alpha value is -3.38. The van der Waals surface area contributed by atoms with Gasteiger partial charge in [-0.05, 0) is 18.2 Å². The smallest absolute Gasteiger partial charge is 0.248 e. The van der Waals surface area contributed by atoms with Crippen molar-refractivity contribution in [2.24, 2.45) is 5.73 Å². The number of nitrogens with two attached hydrogens (primary N) is 1. The van der Waals surface area contributed by atoms with Crippen LogP contribution in [0.25, 0.3) is 11.4 Å². The molecule has 1 amide bonds. The molecule has 6 nitrogen and oxygen atoms in total. The second-order valence-corrected chi connectivity index (χ2v) is 7.12. The molecular weight excluding hydrogens is 364 g/mol. The summed E-state index contributed by atoms with van der Waals surface area (Å²) in [6.07, 6.45) is 2.65. The molecule has 148 valence electrons. The maximum absolute atomic E-state index is 11.3. The monoisotopic (exact) mass is 388 g/mol. The van der Waals surface area contributed by atoms with Crippen LogP contribution < -0.4 is 10.5 Å². The molecule has 2 heterocycles. The molecule has 2 aromatic carbocycles. The normalized spacial score (nSPS) is 13.7. The van der Waals surface area contributed by atoms with Gasteiger partial charge in [0.15, 0.2) is 0 Å². The quantitative estimate of drug-likeness (QED) is 0.608. The van der Waals surface area contributed by atoms with E-state index in [1.807, 2.05) is 30.3 Å². The van der Waals surface area contributed by atoms with Crippen molar-refractivity contribution in [3.63, 3.8) is 0 Å². The van der Waals surface area contributed by atoms with E-state index < -0.39 is 5.91 Å². The number of benzene rings is 2. The number of carbonyl (C=O) groups excluding carboxylic acids is 1. The Morgan fingerprint density at radius 2 is 2.03 bits per heavy atom. The highest BCUT2D eigenvalue weighted by Crippen LogP contribution is 2.26. The van der Waals surface area contributed by atoms with Gasteiger partial charge in [0.2, 0.25) is 5.91 Å². The van der Waals surface area contributed by atoms with Gasteiger partial charge in [0.25, 0.3) is 0 Å². The third-order valence-corrected chi connectivity index (χ3v) is 5.08. The number of ether oxygens (including phenoxy) is 1. The molecule has 0 spiro atoms. The summed E-state index contributed by atoms with van der Waals surface area (Å²) in [4.78, 5) is 21.9. The van der Waals surface area contributed by atoms with Crippen LogP contribution in [0.2, 0.25) is 0 Å². The number of H-pyrrole nitrogens is 1. The zero-order valence-corrected chi connectivity index (χ0v) is 16.2. The molecule has 3 aromatic rings. The molecule has 0 fully saturated rings. The van der Waals surface area contributed by atoms with Gasteiger partial charge < -0.3 is 15.5 Å². The van der Waals surface area contributed by atoms with Crippen LogP contribution in [0, 0.1) is 0 Å². The average Bonchev–Trinajstić information content (AvgIpc) is 3.16. The number of para-hydroxylation sites is 1. The number of aromatic nitrogens is 2. The van der Waals surface area contributed by atoms with E-state index in [0.29, 0.717) is 12.2 Å². The predicted molar refractivity (Wildman–Crippen MR) is 112 cm³/mol. The Bertz CT molecular complexity index is 1020. The van der Waals surface area contributed by atoms with E-state index in [0.717, 1.165) is 54.6 Å². The van der Waals surface area contributed by atoms with Crippen LogP contribution in [0.3, 0.4) is 0 Å². The van der Waals surface area contributed by atoms with E-state index in [4.69, 9.17) is 15.5 Å². The molecule has 0 radical (unpaired) electrons. The number of primary amides is 1. The summed E-state index contributed by atoms with van der Waals surface area (Å²) in [5, 5.41) is 0. The van der Waals surface area contributed by atoms with E-state index in [2.05, 4.69) is 22.5 Å². The molecule has 0 aliphatic carbocycles. The fourth-order valence-electron chi connectivity index (χ4n) is 3.58. The minimum absolute atomic E-state index is 0.428.